The second-order valence-corrected chi connectivity index (χ2v) is 31.6. The lowest BCUT2D eigenvalue weighted by Crippen LogP contribution is -2.49. The van der Waals surface area contributed by atoms with E-state index in [9.17, 15) is 47.0 Å². The van der Waals surface area contributed by atoms with Crippen molar-refractivity contribution in [1.82, 2.24) is 29.8 Å². The Labute approximate surface area is 550 Å². The molecule has 6 fully saturated rings. The van der Waals surface area contributed by atoms with Crippen molar-refractivity contribution in [3.05, 3.63) is 31.3 Å². The number of likely N-dealkylation sites (tertiary alicyclic amines) is 5. The van der Waals surface area contributed by atoms with Crippen molar-refractivity contribution in [1.29, 1.82) is 0 Å². The summed E-state index contributed by atoms with van der Waals surface area (Å²) in [7, 11) is -3.51. The summed E-state index contributed by atoms with van der Waals surface area (Å²) < 4.78 is 66.8. The number of ether oxygens (including phenoxy) is 5. The van der Waals surface area contributed by atoms with Crippen molar-refractivity contribution in [2.75, 3.05) is 84.8 Å². The average Bonchev–Trinajstić information content (AvgIpc) is 2.24. The minimum Gasteiger partial charge on any atom is -0.444 e. The summed E-state index contributed by atoms with van der Waals surface area (Å²) in [6.07, 6.45) is -0.285. The maximum atomic E-state index is 13.4. The normalized spacial score (nSPS) is 26.8. The minimum atomic E-state index is -3.51. The highest BCUT2D eigenvalue weighted by Gasteiger charge is 2.36. The number of aliphatic hydroxyl groups excluding tert-OH is 3. The molecule has 6 aliphatic rings. The summed E-state index contributed by atoms with van der Waals surface area (Å²) in [5.41, 5.74) is 22.4. The summed E-state index contributed by atoms with van der Waals surface area (Å²) in [6.45, 7) is 40.7. The molecule has 31 nitrogen and oxygen atoms in total. The van der Waals surface area contributed by atoms with Crippen LogP contribution in [0.25, 0.3) is 31.3 Å². The van der Waals surface area contributed by atoms with Crippen LogP contribution in [0.1, 0.15) is 170 Å². The molecule has 0 unspecified atom stereocenters. The highest BCUT2D eigenvalue weighted by molar-refractivity contribution is 7.86. The molecule has 0 aromatic rings. The van der Waals surface area contributed by atoms with Crippen LogP contribution in [0.15, 0.2) is 15.3 Å². The number of nitrogens with one attached hydrogen (secondary N) is 1. The summed E-state index contributed by atoms with van der Waals surface area (Å²) >= 11 is 0. The molecule has 0 aliphatic carbocycles. The van der Waals surface area contributed by atoms with Crippen LogP contribution in [0, 0.1) is 23.7 Å². The zero-order valence-electron chi connectivity index (χ0n) is 58.9. The Morgan fingerprint density at radius 2 is 0.731 bits per heavy atom. The lowest BCUT2D eigenvalue weighted by molar-refractivity contribution is -0.00546. The molecule has 6 rings (SSSR count). The van der Waals surface area contributed by atoms with E-state index < -0.39 is 93.0 Å². The van der Waals surface area contributed by atoms with Gasteiger partial charge >= 0.3 is 30.5 Å². The minimum absolute atomic E-state index is 0.00758. The first-order chi connectivity index (χ1) is 42.5. The Morgan fingerprint density at radius 3 is 1.06 bits per heavy atom. The molecule has 0 radical (unpaired) electrons. The third kappa shape index (κ3) is 40.1. The van der Waals surface area contributed by atoms with Gasteiger partial charge in [-0.05, 0) is 189 Å². The number of alkyl halides is 1. The van der Waals surface area contributed by atoms with Crippen molar-refractivity contribution in [3.63, 3.8) is 0 Å². The molecular formula is C60H112FN15O16S. The predicted molar refractivity (Wildman–Crippen MR) is 348 cm³/mol. The summed E-state index contributed by atoms with van der Waals surface area (Å²) in [6, 6.07) is -1.05. The molecule has 6 aliphatic heterocycles. The average molecular weight is 1350 g/mol. The zero-order chi connectivity index (χ0) is 71.6. The molecule has 0 aromatic carbocycles. The number of piperidine rings is 6. The first kappa shape index (κ1) is 85.0. The van der Waals surface area contributed by atoms with Crippen LogP contribution in [0.3, 0.4) is 0 Å². The molecule has 6 saturated heterocycles. The van der Waals surface area contributed by atoms with Gasteiger partial charge in [0.1, 0.15) is 34.2 Å². The third-order valence-electron chi connectivity index (χ3n) is 13.4. The van der Waals surface area contributed by atoms with E-state index in [0.717, 1.165) is 38.6 Å². The fourth-order valence-electron chi connectivity index (χ4n) is 10.3. The Hall–Kier alpha value is -6.04. The largest absolute Gasteiger partial charge is 0.444 e. The Kier molecular flexibility index (Phi) is 35.2. The monoisotopic (exact) mass is 1350 g/mol. The van der Waals surface area contributed by atoms with E-state index in [1.807, 2.05) is 62.3 Å². The molecule has 4 N–H and O–H groups in total. The Bertz CT molecular complexity index is 2440. The lowest BCUT2D eigenvalue weighted by Gasteiger charge is -2.36. The molecule has 6 heterocycles. The Morgan fingerprint density at radius 1 is 0.430 bits per heavy atom. The number of rotatable bonds is 5. The van der Waals surface area contributed by atoms with Crippen molar-refractivity contribution < 1.29 is 80.0 Å². The van der Waals surface area contributed by atoms with E-state index in [1.165, 1.54) is 14.7 Å². The molecule has 0 bridgehead atoms. The van der Waals surface area contributed by atoms with E-state index in [4.69, 9.17) is 49.6 Å². The van der Waals surface area contributed by atoms with Crippen LogP contribution in [0.2, 0.25) is 0 Å². The van der Waals surface area contributed by atoms with Gasteiger partial charge in [0.25, 0.3) is 10.1 Å². The highest BCUT2D eigenvalue weighted by Crippen LogP contribution is 2.26. The summed E-state index contributed by atoms with van der Waals surface area (Å²) in [5.74, 6) is 1.49. The molecule has 12 atom stereocenters. The van der Waals surface area contributed by atoms with E-state index in [-0.39, 0.29) is 69.4 Å². The van der Waals surface area contributed by atoms with Crippen LogP contribution < -0.4 is 5.32 Å². The maximum Gasteiger partial charge on any atom is 0.410 e. The molecule has 0 aromatic heterocycles. The van der Waals surface area contributed by atoms with Gasteiger partial charge < -0.3 is 68.8 Å². The van der Waals surface area contributed by atoms with Crippen LogP contribution in [0.4, 0.5) is 28.4 Å². The molecule has 93 heavy (non-hydrogen) atoms. The van der Waals surface area contributed by atoms with Crippen molar-refractivity contribution >= 4 is 40.6 Å². The van der Waals surface area contributed by atoms with E-state index >= 15 is 0 Å². The highest BCUT2D eigenvalue weighted by atomic mass is 32.2. The molecular weight excluding hydrogens is 1240 g/mol. The standard InChI is InChI=1S/C12H23NO5S.C11H20N4O2.C11H21NO3.C10H17FN4O2.C10H18N4O3.C6H13NO/c1-9-6-10(18-19(5,15)16)8-13(7-9)11(14)17-12(2,3)4;1-8-5-9(13-14-12)7-15(6-8)10(16)17-11(2,3)4;1-8-5-9(13)7-12(6-8)10(14)15-11(2,3)4;1-10(2,3)17-9(16)15-5-7(11)4-8(6-15)13-14-12;1-10(2,3)17-9(16)14-5-7(12-13-11)4-8(15)6-14;1-5-2-6(8)4-7-3-5/h9-10H,6-8H2,1-5H3;8-9H,5-7H2,1-4H3;8-9,13H,5-7H2,1-4H3;7-8H,4-6H2,1-3H3;7-8,15H,4-6H2,1-3H3;5-8H,2-4H2,1H3/t9-,10+;8-,9-;8-,9+;7-,8+;7-,8-;5-,6+/m111011/s1. The molecule has 536 valence electrons. The van der Waals surface area contributed by atoms with Crippen LogP contribution >= 0.6 is 0 Å². The topological polar surface area (TPSA) is 410 Å². The number of nitrogens with zero attached hydrogens (tertiary/aromatic N) is 14. The number of aliphatic hydroxyl groups is 3. The molecule has 0 saturated carbocycles. The van der Waals surface area contributed by atoms with E-state index in [1.54, 1.807) is 72.1 Å². The lowest BCUT2D eigenvalue weighted by atomic mass is 9.97. The Balaban J connectivity index is 0.000000565. The molecule has 5 amide bonds. The van der Waals surface area contributed by atoms with Crippen LogP contribution in [-0.2, 0) is 38.0 Å². The SMILES string of the molecule is CC(C)(C)OC(=O)N1C[C@@H](F)C[C@@H](N=[N+]=[N-])C1.CC(C)(C)OC(=O)N1C[C@H](O)C[C@@H](N=[N+]=[N-])C1.C[C@@H]1C[C@@H](N=[N+]=[N-])CN(C(=O)OC(C)(C)C)C1.C[C@@H]1C[C@H](O)CN(C(=O)OC(C)(C)C)C1.C[C@@H]1C[C@H](OS(C)(=O)=O)CN(C(=O)OC(C)(C)C)C1.C[C@H]1CNC[C@@H](O)C1. The number of hydrogen-bond donors (Lipinski definition) is 4. The van der Waals surface area contributed by atoms with Gasteiger partial charge in [-0.25, -0.2) is 28.4 Å². The maximum absolute atomic E-state index is 13.4. The van der Waals surface area contributed by atoms with Gasteiger partial charge in [-0.15, -0.1) is 0 Å². The van der Waals surface area contributed by atoms with Gasteiger partial charge in [-0.1, -0.05) is 43.0 Å². The number of hydrogen-bond acceptors (Lipinski definition) is 20. The number of carbonyl (C=O) groups is 5. The fraction of sp³-hybridized carbons (Fsp3) is 0.917. The first-order valence-electron chi connectivity index (χ1n) is 31.8. The van der Waals surface area contributed by atoms with Gasteiger partial charge in [0.2, 0.25) is 0 Å². The molecule has 33 heteroatoms. The number of β-amino-alcohol motifs (C(OH)–C–C–N with tert-alkyl or cyclic N) is 3. The first-order valence-corrected chi connectivity index (χ1v) is 33.6. The summed E-state index contributed by atoms with van der Waals surface area (Å²) in [5, 5.41) is 42.0. The number of azide groups is 3. The quantitative estimate of drug-likeness (QED) is 0.0653. The van der Waals surface area contributed by atoms with Crippen molar-refractivity contribution in [2.24, 2.45) is 39.0 Å². The van der Waals surface area contributed by atoms with Gasteiger partial charge in [0, 0.05) is 73.6 Å². The second-order valence-electron chi connectivity index (χ2n) is 30.0. The van der Waals surface area contributed by atoms with E-state index in [0.29, 0.717) is 63.3 Å². The fourth-order valence-corrected chi connectivity index (χ4v) is 10.9. The smallest absolute Gasteiger partial charge is 0.410 e. The second kappa shape index (κ2) is 38.5. The van der Waals surface area contributed by atoms with Crippen molar-refractivity contribution in [2.45, 2.75) is 247 Å². The van der Waals surface area contributed by atoms with Crippen LogP contribution in [0.5, 0.6) is 0 Å². The predicted octanol–water partition coefficient (Wildman–Crippen LogP) is 10.5. The zero-order valence-corrected chi connectivity index (χ0v) is 59.7. The van der Waals surface area contributed by atoms with Gasteiger partial charge in [-0.2, -0.15) is 8.42 Å². The van der Waals surface area contributed by atoms with Crippen LogP contribution in [-0.4, -0.2) is 240 Å². The van der Waals surface area contributed by atoms with Gasteiger partial charge in [-0.3, -0.25) is 4.18 Å². The van der Waals surface area contributed by atoms with E-state index in [2.05, 4.69) is 42.3 Å². The van der Waals surface area contributed by atoms with Gasteiger partial charge in [0.05, 0.1) is 61.9 Å². The van der Waals surface area contributed by atoms with Gasteiger partial charge in [0.15, 0.2) is 0 Å². The molecule has 0 spiro atoms. The number of amides is 5. The number of halogens is 1. The van der Waals surface area contributed by atoms with Crippen molar-refractivity contribution in [3.8, 4) is 0 Å². The third-order valence-corrected chi connectivity index (χ3v) is 14.1. The summed E-state index contributed by atoms with van der Waals surface area (Å²) in [4.78, 5) is 74.5. The number of carbonyl (C=O) groups excluding carboxylic acids is 5.